The van der Waals surface area contributed by atoms with Gasteiger partial charge in [-0.05, 0) is 25.0 Å². The van der Waals surface area contributed by atoms with Crippen molar-refractivity contribution in [3.05, 3.63) is 35.9 Å². The lowest BCUT2D eigenvalue weighted by Gasteiger charge is -2.33. The second-order valence-corrected chi connectivity index (χ2v) is 7.05. The lowest BCUT2D eigenvalue weighted by molar-refractivity contribution is -0.127. The number of furan rings is 1. The van der Waals surface area contributed by atoms with Crippen LogP contribution in [0.1, 0.15) is 29.8 Å². The largest absolute Gasteiger partial charge is 0.459 e. The van der Waals surface area contributed by atoms with Crippen molar-refractivity contribution in [3.63, 3.8) is 0 Å². The average molecular weight is 399 g/mol. The summed E-state index contributed by atoms with van der Waals surface area (Å²) in [5.41, 5.74) is 0.0352. The Balaban J connectivity index is 1.42. The summed E-state index contributed by atoms with van der Waals surface area (Å²) < 4.78 is 5.14. The molecule has 0 atom stereocenters. The molecule has 3 rings (SSSR count). The van der Waals surface area contributed by atoms with Crippen molar-refractivity contribution in [2.24, 2.45) is 0 Å². The van der Waals surface area contributed by atoms with Gasteiger partial charge in [0, 0.05) is 58.4 Å². The third kappa shape index (κ3) is 5.38. The van der Waals surface area contributed by atoms with Gasteiger partial charge in [0.15, 0.2) is 5.76 Å². The van der Waals surface area contributed by atoms with Crippen molar-refractivity contribution >= 4 is 17.7 Å². The number of hydrogen-bond donors (Lipinski definition) is 1. The summed E-state index contributed by atoms with van der Waals surface area (Å²) in [7, 11) is 0. The van der Waals surface area contributed by atoms with Crippen LogP contribution in [-0.2, 0) is 9.59 Å². The van der Waals surface area contributed by atoms with E-state index in [4.69, 9.17) is 4.42 Å². The van der Waals surface area contributed by atoms with E-state index in [1.165, 1.54) is 6.26 Å². The van der Waals surface area contributed by atoms with Crippen LogP contribution < -0.4 is 5.32 Å². The molecule has 0 unspecified atom stereocenters. The SMILES string of the molecule is N#C/C(=C/N1CCN(C(=O)c2ccco2)CC1)C(=O)NCCCN1CCCC1=O. The zero-order valence-corrected chi connectivity index (χ0v) is 16.3. The first-order chi connectivity index (χ1) is 14.1. The zero-order chi connectivity index (χ0) is 20.6. The van der Waals surface area contributed by atoms with Gasteiger partial charge in [0.05, 0.1) is 6.26 Å². The van der Waals surface area contributed by atoms with Crippen LogP contribution in [0.5, 0.6) is 0 Å². The number of piperazine rings is 1. The van der Waals surface area contributed by atoms with Gasteiger partial charge in [0.2, 0.25) is 5.91 Å². The first kappa shape index (κ1) is 20.5. The molecule has 2 fully saturated rings. The maximum Gasteiger partial charge on any atom is 0.289 e. The Morgan fingerprint density at radius 2 is 2.03 bits per heavy atom. The molecule has 0 radical (unpaired) electrons. The molecule has 3 heterocycles. The zero-order valence-electron chi connectivity index (χ0n) is 16.3. The highest BCUT2D eigenvalue weighted by Crippen LogP contribution is 2.11. The topological polar surface area (TPSA) is 110 Å². The van der Waals surface area contributed by atoms with E-state index in [0.29, 0.717) is 57.9 Å². The Kier molecular flexibility index (Phi) is 6.89. The Hall–Kier alpha value is -3.28. The molecular weight excluding hydrogens is 374 g/mol. The molecular formula is C20H25N5O4. The molecule has 1 aromatic rings. The number of nitrogens with one attached hydrogen (secondary N) is 1. The second-order valence-electron chi connectivity index (χ2n) is 7.05. The summed E-state index contributed by atoms with van der Waals surface area (Å²) in [6.07, 6.45) is 5.17. The van der Waals surface area contributed by atoms with Crippen molar-refractivity contribution < 1.29 is 18.8 Å². The van der Waals surface area contributed by atoms with E-state index in [0.717, 1.165) is 13.0 Å². The lowest BCUT2D eigenvalue weighted by Crippen LogP contribution is -2.47. The smallest absolute Gasteiger partial charge is 0.289 e. The van der Waals surface area contributed by atoms with Crippen LogP contribution in [0, 0.1) is 11.3 Å². The highest BCUT2D eigenvalue weighted by Gasteiger charge is 2.23. The minimum absolute atomic E-state index is 0.0352. The number of carbonyl (C=O) groups excluding carboxylic acids is 3. The van der Waals surface area contributed by atoms with E-state index >= 15 is 0 Å². The fraction of sp³-hybridized carbons (Fsp3) is 0.500. The van der Waals surface area contributed by atoms with Crippen molar-refractivity contribution in [2.75, 3.05) is 45.8 Å². The molecule has 2 aliphatic rings. The number of rotatable bonds is 7. The molecule has 0 bridgehead atoms. The van der Waals surface area contributed by atoms with Gasteiger partial charge in [-0.2, -0.15) is 5.26 Å². The molecule has 0 aromatic carbocycles. The number of likely N-dealkylation sites (tertiary alicyclic amines) is 1. The van der Waals surface area contributed by atoms with E-state index in [-0.39, 0.29) is 17.4 Å². The molecule has 9 heteroatoms. The summed E-state index contributed by atoms with van der Waals surface area (Å²) in [6, 6.07) is 5.25. The molecule has 2 aliphatic heterocycles. The van der Waals surface area contributed by atoms with Crippen LogP contribution in [0.25, 0.3) is 0 Å². The summed E-state index contributed by atoms with van der Waals surface area (Å²) in [6.45, 7) is 3.85. The van der Waals surface area contributed by atoms with E-state index in [1.54, 1.807) is 28.1 Å². The molecule has 0 saturated carbocycles. The van der Waals surface area contributed by atoms with Crippen molar-refractivity contribution in [3.8, 4) is 6.07 Å². The highest BCUT2D eigenvalue weighted by atomic mass is 16.3. The van der Waals surface area contributed by atoms with Crippen LogP contribution in [0.15, 0.2) is 34.6 Å². The number of nitriles is 1. The van der Waals surface area contributed by atoms with E-state index in [1.807, 2.05) is 11.0 Å². The van der Waals surface area contributed by atoms with Crippen LogP contribution in [0.4, 0.5) is 0 Å². The van der Waals surface area contributed by atoms with Gasteiger partial charge in [-0.25, -0.2) is 0 Å². The molecule has 2 saturated heterocycles. The van der Waals surface area contributed by atoms with Gasteiger partial charge < -0.3 is 24.4 Å². The Morgan fingerprint density at radius 3 is 2.66 bits per heavy atom. The second kappa shape index (κ2) is 9.78. The molecule has 154 valence electrons. The van der Waals surface area contributed by atoms with Gasteiger partial charge >= 0.3 is 0 Å². The van der Waals surface area contributed by atoms with E-state index in [2.05, 4.69) is 5.32 Å². The molecule has 0 spiro atoms. The third-order valence-corrected chi connectivity index (χ3v) is 5.07. The van der Waals surface area contributed by atoms with Crippen molar-refractivity contribution in [1.82, 2.24) is 20.0 Å². The molecule has 9 nitrogen and oxygen atoms in total. The summed E-state index contributed by atoms with van der Waals surface area (Å²) in [5, 5.41) is 12.1. The van der Waals surface area contributed by atoms with Gasteiger partial charge in [-0.15, -0.1) is 0 Å². The molecule has 29 heavy (non-hydrogen) atoms. The van der Waals surface area contributed by atoms with E-state index < -0.39 is 5.91 Å². The van der Waals surface area contributed by atoms with Crippen LogP contribution in [0.2, 0.25) is 0 Å². The van der Waals surface area contributed by atoms with Gasteiger partial charge in [0.1, 0.15) is 11.6 Å². The van der Waals surface area contributed by atoms with Crippen LogP contribution >= 0.6 is 0 Å². The van der Waals surface area contributed by atoms with E-state index in [9.17, 15) is 19.6 Å². The monoisotopic (exact) mass is 399 g/mol. The molecule has 0 aliphatic carbocycles. The first-order valence-corrected chi connectivity index (χ1v) is 9.83. The maximum atomic E-state index is 12.3. The van der Waals surface area contributed by atoms with Crippen molar-refractivity contribution in [2.45, 2.75) is 19.3 Å². The number of amides is 3. The number of carbonyl (C=O) groups is 3. The highest BCUT2D eigenvalue weighted by molar-refractivity contribution is 5.97. The molecule has 3 amide bonds. The minimum atomic E-state index is -0.422. The Labute approximate surface area is 169 Å². The predicted octanol–water partition coefficient (Wildman–Crippen LogP) is 0.574. The Bertz CT molecular complexity index is 803. The van der Waals surface area contributed by atoms with Gasteiger partial charge in [0.25, 0.3) is 11.8 Å². The fourth-order valence-electron chi connectivity index (χ4n) is 3.44. The van der Waals surface area contributed by atoms with Crippen LogP contribution in [0.3, 0.4) is 0 Å². The fourth-order valence-corrected chi connectivity index (χ4v) is 3.44. The standard InChI is InChI=1S/C20H25N5O4/c21-14-16(19(27)22-6-3-8-24-7-1-5-18(24)26)15-23-9-11-25(12-10-23)20(28)17-4-2-13-29-17/h2,4,13,15H,1,3,5-12H2,(H,22,27)/b16-15-. The van der Waals surface area contributed by atoms with Gasteiger partial charge in [-0.1, -0.05) is 0 Å². The predicted molar refractivity (Wildman–Crippen MR) is 103 cm³/mol. The summed E-state index contributed by atoms with van der Waals surface area (Å²) in [4.78, 5) is 41.4. The lowest BCUT2D eigenvalue weighted by atomic mass is 10.2. The van der Waals surface area contributed by atoms with Crippen molar-refractivity contribution in [1.29, 1.82) is 5.26 Å². The number of nitrogens with zero attached hydrogens (tertiary/aromatic N) is 4. The quantitative estimate of drug-likeness (QED) is 0.408. The minimum Gasteiger partial charge on any atom is -0.459 e. The summed E-state index contributed by atoms with van der Waals surface area (Å²) in [5.74, 6) is -0.108. The summed E-state index contributed by atoms with van der Waals surface area (Å²) >= 11 is 0. The first-order valence-electron chi connectivity index (χ1n) is 9.83. The molecule has 1 N–H and O–H groups in total. The third-order valence-electron chi connectivity index (χ3n) is 5.07. The van der Waals surface area contributed by atoms with Gasteiger partial charge in [-0.3, -0.25) is 14.4 Å². The maximum absolute atomic E-state index is 12.3. The average Bonchev–Trinajstić information content (AvgIpc) is 3.41. The van der Waals surface area contributed by atoms with Crippen LogP contribution in [-0.4, -0.2) is 78.2 Å². The normalized spacial score (nSPS) is 17.4. The molecule has 1 aromatic heterocycles. The Morgan fingerprint density at radius 1 is 1.24 bits per heavy atom. The number of hydrogen-bond acceptors (Lipinski definition) is 6.